The fraction of sp³-hybridized carbons (Fsp3) is 0.318. The molecule has 0 saturated carbocycles. The number of likely N-dealkylation sites (N-methyl/N-ethyl adjacent to an activating group) is 1. The van der Waals surface area contributed by atoms with E-state index < -0.39 is 0 Å². The average molecular weight is 454 g/mol. The summed E-state index contributed by atoms with van der Waals surface area (Å²) in [7, 11) is 2.12. The number of fused-ring (bicyclic) bond motifs is 1. The van der Waals surface area contributed by atoms with Crippen LogP contribution in [-0.2, 0) is 0 Å². The molecule has 1 aromatic carbocycles. The Morgan fingerprint density at radius 2 is 1.88 bits per heavy atom. The highest BCUT2D eigenvalue weighted by Crippen LogP contribution is 2.36. The van der Waals surface area contributed by atoms with Crippen LogP contribution < -0.4 is 15.0 Å². The highest BCUT2D eigenvalue weighted by atomic mass is 35.5. The second-order valence-electron chi connectivity index (χ2n) is 8.03. The second-order valence-corrected chi connectivity index (χ2v) is 8.40. The molecule has 0 spiro atoms. The lowest BCUT2D eigenvalue weighted by molar-refractivity contribution is 0.311. The van der Waals surface area contributed by atoms with Gasteiger partial charge in [0.05, 0.1) is 5.02 Å². The Labute approximate surface area is 190 Å². The quantitative estimate of drug-likeness (QED) is 0.456. The maximum atomic E-state index is 6.63. The first-order chi connectivity index (χ1) is 15.4. The Morgan fingerprint density at radius 3 is 2.62 bits per heavy atom. The average Bonchev–Trinajstić information content (AvgIpc) is 3.35. The number of aromatic amines is 1. The zero-order valence-electron chi connectivity index (χ0n) is 18.1. The molecule has 1 fully saturated rings. The van der Waals surface area contributed by atoms with Crippen LogP contribution >= 0.6 is 11.6 Å². The van der Waals surface area contributed by atoms with Crippen molar-refractivity contribution < 1.29 is 9.26 Å². The molecule has 10 heteroatoms. The monoisotopic (exact) mass is 453 g/mol. The minimum Gasteiger partial charge on any atom is -0.423 e. The Bertz CT molecular complexity index is 1260. The fourth-order valence-electron chi connectivity index (χ4n) is 3.74. The number of aryl methyl sites for hydroxylation is 2. The normalized spacial score (nSPS) is 14.8. The van der Waals surface area contributed by atoms with E-state index in [-0.39, 0.29) is 6.01 Å². The number of hydrogen-bond acceptors (Lipinski definition) is 8. The van der Waals surface area contributed by atoms with Crippen molar-refractivity contribution in [2.75, 3.05) is 43.4 Å². The van der Waals surface area contributed by atoms with Crippen LogP contribution in [0.5, 0.6) is 11.8 Å². The van der Waals surface area contributed by atoms with E-state index in [1.54, 1.807) is 6.07 Å². The number of halogens is 1. The Balaban J connectivity index is 1.49. The lowest BCUT2D eigenvalue weighted by atomic mass is 10.2. The van der Waals surface area contributed by atoms with Gasteiger partial charge in [0.2, 0.25) is 0 Å². The van der Waals surface area contributed by atoms with Crippen molar-refractivity contribution in [1.82, 2.24) is 25.0 Å². The van der Waals surface area contributed by atoms with E-state index in [4.69, 9.17) is 20.9 Å². The number of anilines is 3. The van der Waals surface area contributed by atoms with Crippen LogP contribution in [0.25, 0.3) is 10.9 Å². The third-order valence-corrected chi connectivity index (χ3v) is 5.83. The van der Waals surface area contributed by atoms with Gasteiger partial charge >= 0.3 is 6.01 Å². The van der Waals surface area contributed by atoms with E-state index in [1.165, 1.54) is 0 Å². The molecule has 9 nitrogen and oxygen atoms in total. The van der Waals surface area contributed by atoms with Gasteiger partial charge in [-0.15, -0.1) is 0 Å². The van der Waals surface area contributed by atoms with E-state index in [1.807, 2.05) is 38.1 Å². The van der Waals surface area contributed by atoms with Crippen molar-refractivity contribution in [2.24, 2.45) is 0 Å². The number of H-pyrrole nitrogens is 1. The van der Waals surface area contributed by atoms with E-state index in [9.17, 15) is 0 Å². The molecule has 4 heterocycles. The number of ether oxygens (including phenoxy) is 1. The first kappa shape index (κ1) is 20.6. The topological polar surface area (TPSA) is 95.3 Å². The molecule has 1 aliphatic heterocycles. The van der Waals surface area contributed by atoms with Gasteiger partial charge in [0.1, 0.15) is 23.1 Å². The zero-order valence-corrected chi connectivity index (χ0v) is 18.9. The molecule has 0 radical (unpaired) electrons. The highest BCUT2D eigenvalue weighted by molar-refractivity contribution is 6.37. The summed E-state index contributed by atoms with van der Waals surface area (Å²) in [5.74, 6) is 3.11. The smallest absolute Gasteiger partial charge is 0.325 e. The molecule has 0 bridgehead atoms. The standard InChI is InChI=1S/C22H24ClN7O2/c1-13-10-15-16(24-13)4-5-17(21(15)23)31-22-26-18(25-19-11-14(2)32-28-19)12-20(27-22)30-8-6-29(3)7-9-30/h4-5,10-12,24H,6-9H2,1-3H3,(H,25,26,27,28). The van der Waals surface area contributed by atoms with Crippen LogP contribution in [0, 0.1) is 13.8 Å². The minimum absolute atomic E-state index is 0.206. The first-order valence-electron chi connectivity index (χ1n) is 10.4. The summed E-state index contributed by atoms with van der Waals surface area (Å²) < 4.78 is 11.2. The fourth-order valence-corrected chi connectivity index (χ4v) is 4.00. The molecule has 2 N–H and O–H groups in total. The van der Waals surface area contributed by atoms with Gasteiger partial charge < -0.3 is 29.4 Å². The predicted molar refractivity (Wildman–Crippen MR) is 124 cm³/mol. The third-order valence-electron chi connectivity index (χ3n) is 5.44. The molecule has 4 aromatic rings. The predicted octanol–water partition coefficient (Wildman–Crippen LogP) is 4.50. The van der Waals surface area contributed by atoms with Gasteiger partial charge in [0, 0.05) is 54.9 Å². The molecular formula is C22H24ClN7O2. The van der Waals surface area contributed by atoms with Crippen LogP contribution in [0.4, 0.5) is 17.5 Å². The number of aromatic nitrogens is 4. The molecule has 3 aromatic heterocycles. The second kappa shape index (κ2) is 8.33. The van der Waals surface area contributed by atoms with Crippen molar-refractivity contribution in [3.63, 3.8) is 0 Å². The summed E-state index contributed by atoms with van der Waals surface area (Å²) >= 11 is 6.63. The summed E-state index contributed by atoms with van der Waals surface area (Å²) in [4.78, 5) is 17.0. The van der Waals surface area contributed by atoms with E-state index in [2.05, 4.69) is 42.3 Å². The summed E-state index contributed by atoms with van der Waals surface area (Å²) in [5, 5.41) is 8.58. The molecule has 1 saturated heterocycles. The molecule has 1 aliphatic rings. The van der Waals surface area contributed by atoms with Gasteiger partial charge in [-0.05, 0) is 39.1 Å². The van der Waals surface area contributed by atoms with Crippen molar-refractivity contribution in [3.05, 3.63) is 46.8 Å². The van der Waals surface area contributed by atoms with E-state index in [0.717, 1.165) is 48.6 Å². The molecule has 0 amide bonds. The van der Waals surface area contributed by atoms with E-state index >= 15 is 0 Å². The Hall–Kier alpha value is -3.30. The zero-order chi connectivity index (χ0) is 22.2. The van der Waals surface area contributed by atoms with Gasteiger partial charge in [-0.1, -0.05) is 16.8 Å². The van der Waals surface area contributed by atoms with Crippen molar-refractivity contribution in [3.8, 4) is 11.8 Å². The van der Waals surface area contributed by atoms with Crippen LogP contribution in [-0.4, -0.2) is 58.2 Å². The third kappa shape index (κ3) is 4.21. The molecule has 0 unspecified atom stereocenters. The largest absolute Gasteiger partial charge is 0.423 e. The van der Waals surface area contributed by atoms with Crippen LogP contribution in [0.15, 0.2) is 34.9 Å². The maximum absolute atomic E-state index is 6.63. The van der Waals surface area contributed by atoms with Crippen molar-refractivity contribution >= 4 is 40.0 Å². The lowest BCUT2D eigenvalue weighted by Crippen LogP contribution is -2.44. The summed E-state index contributed by atoms with van der Waals surface area (Å²) in [5.41, 5.74) is 1.98. The Morgan fingerprint density at radius 1 is 1.06 bits per heavy atom. The highest BCUT2D eigenvalue weighted by Gasteiger charge is 2.19. The molecular weight excluding hydrogens is 430 g/mol. The van der Waals surface area contributed by atoms with Crippen LogP contribution in [0.1, 0.15) is 11.5 Å². The number of nitrogens with zero attached hydrogens (tertiary/aromatic N) is 5. The van der Waals surface area contributed by atoms with Crippen molar-refractivity contribution in [1.29, 1.82) is 0 Å². The Kier molecular flexibility index (Phi) is 5.36. The number of piperazine rings is 1. The molecule has 5 rings (SSSR count). The summed E-state index contributed by atoms with van der Waals surface area (Å²) in [6.45, 7) is 7.48. The SMILES string of the molecule is Cc1cc2c(Cl)c(Oc3nc(Nc4cc(C)on4)cc(N4CCN(C)CC4)n3)ccc2[nH]1. The molecule has 0 aliphatic carbocycles. The summed E-state index contributed by atoms with van der Waals surface area (Å²) in [6, 6.07) is 9.65. The number of nitrogens with one attached hydrogen (secondary N) is 2. The van der Waals surface area contributed by atoms with Gasteiger partial charge in [0.25, 0.3) is 0 Å². The lowest BCUT2D eigenvalue weighted by Gasteiger charge is -2.33. The number of benzene rings is 1. The number of rotatable bonds is 5. The van der Waals surface area contributed by atoms with Crippen molar-refractivity contribution in [2.45, 2.75) is 13.8 Å². The van der Waals surface area contributed by atoms with Gasteiger partial charge in [0.15, 0.2) is 5.82 Å². The van der Waals surface area contributed by atoms with E-state index in [0.29, 0.717) is 28.2 Å². The molecule has 0 atom stereocenters. The summed E-state index contributed by atoms with van der Waals surface area (Å²) in [6.07, 6.45) is 0. The number of hydrogen-bond donors (Lipinski definition) is 2. The van der Waals surface area contributed by atoms with Gasteiger partial charge in [-0.25, -0.2) is 0 Å². The minimum atomic E-state index is 0.206. The molecule has 32 heavy (non-hydrogen) atoms. The first-order valence-corrected chi connectivity index (χ1v) is 10.8. The molecule has 166 valence electrons. The van der Waals surface area contributed by atoms with Crippen LogP contribution in [0.3, 0.4) is 0 Å². The maximum Gasteiger partial charge on any atom is 0.325 e. The van der Waals surface area contributed by atoms with Crippen LogP contribution in [0.2, 0.25) is 5.02 Å². The van der Waals surface area contributed by atoms with Gasteiger partial charge in [-0.2, -0.15) is 9.97 Å². The van der Waals surface area contributed by atoms with Gasteiger partial charge in [-0.3, -0.25) is 0 Å².